The molecule has 2 unspecified atom stereocenters. The zero-order valence-corrected chi connectivity index (χ0v) is 27.3. The maximum atomic E-state index is 14.1. The molecular weight excluding hydrogens is 662 g/mol. The first-order valence-electron chi connectivity index (χ1n) is 16.0. The molecule has 1 aliphatic carbocycles. The molecule has 0 fully saturated rings. The fourth-order valence-electron chi connectivity index (χ4n) is 6.42. The highest BCUT2D eigenvalue weighted by atomic mass is 19.1. The number of rotatable bonds is 6. The minimum atomic E-state index is -1.39. The van der Waals surface area contributed by atoms with Gasteiger partial charge in [-0.05, 0) is 79.7 Å². The van der Waals surface area contributed by atoms with E-state index < -0.39 is 41.1 Å². The van der Waals surface area contributed by atoms with Crippen molar-refractivity contribution in [3.05, 3.63) is 143 Å². The molecule has 1 aliphatic rings. The van der Waals surface area contributed by atoms with E-state index in [2.05, 4.69) is 12.1 Å². The van der Waals surface area contributed by atoms with Crippen LogP contribution in [-0.2, 0) is 0 Å². The monoisotopic (exact) mass is 684 g/mol. The minimum absolute atomic E-state index is 0.105. The molecule has 0 bridgehead atoms. The van der Waals surface area contributed by atoms with Gasteiger partial charge in [0.2, 0.25) is 0 Å². The van der Waals surface area contributed by atoms with E-state index in [0.717, 1.165) is 5.56 Å². The first kappa shape index (κ1) is 33.3. The number of benzene rings is 4. The van der Waals surface area contributed by atoms with Gasteiger partial charge in [0.1, 0.15) is 29.3 Å². The molecule has 0 N–H and O–H groups in total. The van der Waals surface area contributed by atoms with Gasteiger partial charge < -0.3 is 0 Å². The van der Waals surface area contributed by atoms with E-state index in [4.69, 9.17) is 19.9 Å². The lowest BCUT2D eigenvalue weighted by Gasteiger charge is -2.33. The summed E-state index contributed by atoms with van der Waals surface area (Å²) in [6, 6.07) is 32.2. The molecule has 2 atom stereocenters. The first-order valence-corrected chi connectivity index (χ1v) is 16.0. The van der Waals surface area contributed by atoms with Gasteiger partial charge in [-0.25, -0.2) is 33.1 Å². The van der Waals surface area contributed by atoms with E-state index in [1.807, 2.05) is 43.3 Å². The maximum Gasteiger partial charge on any atom is 0.147 e. The van der Waals surface area contributed by atoms with Crippen LogP contribution in [0.25, 0.3) is 45.0 Å². The molecule has 52 heavy (non-hydrogen) atoms. The number of halogens is 3. The Hall–Kier alpha value is -7.21. The van der Waals surface area contributed by atoms with Crippen molar-refractivity contribution in [2.45, 2.75) is 18.8 Å². The van der Waals surface area contributed by atoms with Gasteiger partial charge in [-0.3, -0.25) is 0 Å². The number of nitriles is 4. The average molecular weight is 685 g/mol. The molecule has 248 valence electrons. The van der Waals surface area contributed by atoms with Crippen LogP contribution < -0.4 is 0 Å². The molecule has 2 aromatic heterocycles. The zero-order valence-electron chi connectivity index (χ0n) is 27.3. The molecule has 0 spiro atoms. The summed E-state index contributed by atoms with van der Waals surface area (Å²) in [5, 5.41) is 41.4. The van der Waals surface area contributed by atoms with E-state index >= 15 is 0 Å². The van der Waals surface area contributed by atoms with Crippen LogP contribution in [-0.4, -0.2) is 19.9 Å². The second-order valence-electron chi connectivity index (χ2n) is 12.2. The van der Waals surface area contributed by atoms with Gasteiger partial charge in [-0.15, -0.1) is 0 Å². The Morgan fingerprint density at radius 3 is 0.885 bits per heavy atom. The lowest BCUT2D eigenvalue weighted by Crippen LogP contribution is -2.31. The average Bonchev–Trinajstić information content (AvgIpc) is 3.16. The molecule has 7 rings (SSSR count). The van der Waals surface area contributed by atoms with E-state index in [-0.39, 0.29) is 34.2 Å². The van der Waals surface area contributed by atoms with Gasteiger partial charge in [0.25, 0.3) is 0 Å². The van der Waals surface area contributed by atoms with E-state index in [1.54, 1.807) is 0 Å². The summed E-state index contributed by atoms with van der Waals surface area (Å²) in [6.07, 6.45) is 0. The molecule has 0 amide bonds. The molecule has 0 saturated heterocycles. The molecule has 8 nitrogen and oxygen atoms in total. The lowest BCUT2D eigenvalue weighted by atomic mass is 9.73. The van der Waals surface area contributed by atoms with E-state index in [9.17, 15) is 34.2 Å². The molecule has 0 saturated carbocycles. The normalized spacial score (nSPS) is 14.4. The number of hydrogen-bond acceptors (Lipinski definition) is 8. The third-order valence-corrected chi connectivity index (χ3v) is 8.98. The molecule has 11 heteroatoms. The summed E-state index contributed by atoms with van der Waals surface area (Å²) >= 11 is 0. The van der Waals surface area contributed by atoms with Crippen LogP contribution in [0.15, 0.2) is 97.1 Å². The van der Waals surface area contributed by atoms with Gasteiger partial charge >= 0.3 is 0 Å². The van der Waals surface area contributed by atoms with Crippen molar-refractivity contribution in [1.29, 1.82) is 21.0 Å². The number of nitrogens with zero attached hydrogens (tertiary/aromatic N) is 8. The fraction of sp³-hybridized carbons (Fsp3) is 0.122. The molecule has 6 aromatic rings. The number of aromatic nitrogens is 4. The number of fused-ring (bicyclic) bond motifs is 2. The summed E-state index contributed by atoms with van der Waals surface area (Å²) in [6.45, 7) is 1.92. The van der Waals surface area contributed by atoms with Crippen molar-refractivity contribution >= 4 is 0 Å². The second-order valence-corrected chi connectivity index (χ2v) is 12.2. The van der Waals surface area contributed by atoms with Crippen molar-refractivity contribution < 1.29 is 13.2 Å². The Bertz CT molecular complexity index is 2160. The Kier molecular flexibility index (Phi) is 8.71. The summed E-state index contributed by atoms with van der Waals surface area (Å²) in [5.41, 5.74) is 4.56. The predicted molar refractivity (Wildman–Crippen MR) is 184 cm³/mol. The lowest BCUT2D eigenvalue weighted by molar-refractivity contribution is 0.553. The predicted octanol–water partition coefficient (Wildman–Crippen LogP) is 8.56. The smallest absolute Gasteiger partial charge is 0.147 e. The Balaban J connectivity index is 1.61. The second kappa shape index (κ2) is 13.6. The van der Waals surface area contributed by atoms with Gasteiger partial charge in [0.05, 0.1) is 81.7 Å². The number of hydrogen-bond donors (Lipinski definition) is 0. The summed E-state index contributed by atoms with van der Waals surface area (Å²) in [5.74, 6) is -6.60. The highest BCUT2D eigenvalue weighted by Crippen LogP contribution is 2.49. The van der Waals surface area contributed by atoms with Crippen LogP contribution in [0, 0.1) is 81.5 Å². The van der Waals surface area contributed by atoms with Crippen LogP contribution >= 0.6 is 0 Å². The number of aryl methyl sites for hydroxylation is 1. The molecule has 4 aromatic carbocycles. The van der Waals surface area contributed by atoms with E-state index in [0.29, 0.717) is 33.6 Å². The fourth-order valence-corrected chi connectivity index (χ4v) is 6.42. The third kappa shape index (κ3) is 5.87. The Labute approximate surface area is 296 Å². The van der Waals surface area contributed by atoms with Crippen LogP contribution in [0.5, 0.6) is 0 Å². The highest BCUT2D eigenvalue weighted by molar-refractivity contribution is 5.81. The van der Waals surface area contributed by atoms with Crippen LogP contribution in [0.4, 0.5) is 13.2 Å². The van der Waals surface area contributed by atoms with Crippen LogP contribution in [0.1, 0.15) is 40.2 Å². The van der Waals surface area contributed by atoms with Gasteiger partial charge in [-0.1, -0.05) is 29.8 Å². The van der Waals surface area contributed by atoms with Gasteiger partial charge in [0.15, 0.2) is 0 Å². The minimum Gasteiger partial charge on any atom is -0.248 e. The summed E-state index contributed by atoms with van der Waals surface area (Å²) in [4.78, 5) is 20.1. The highest BCUT2D eigenvalue weighted by Gasteiger charge is 2.46. The molecular formula is C41H23F3N8. The molecule has 0 radical (unpaired) electrons. The van der Waals surface area contributed by atoms with Gasteiger partial charge in [-0.2, -0.15) is 21.0 Å². The quantitative estimate of drug-likeness (QED) is 0.170. The van der Waals surface area contributed by atoms with Crippen molar-refractivity contribution in [1.82, 2.24) is 19.9 Å². The SMILES string of the molecule is Cc1ccc(-c2nc3c(nc2-c2ccc(F)cc2)C(C(C#N)C#N)c2nc(-c4ccc(F)cc4)c(-c4ccc(F)cc4)nc2C3C(C#N)C#N)cc1. The molecule has 0 aliphatic heterocycles. The van der Waals surface area contributed by atoms with Gasteiger partial charge in [0, 0.05) is 22.3 Å². The summed E-state index contributed by atoms with van der Waals surface area (Å²) in [7, 11) is 0. The van der Waals surface area contributed by atoms with Crippen LogP contribution in [0.2, 0.25) is 0 Å². The first-order chi connectivity index (χ1) is 25.2. The van der Waals surface area contributed by atoms with Crippen molar-refractivity contribution in [2.75, 3.05) is 0 Å². The van der Waals surface area contributed by atoms with Crippen molar-refractivity contribution in [3.8, 4) is 69.3 Å². The largest absolute Gasteiger partial charge is 0.248 e. The third-order valence-electron chi connectivity index (χ3n) is 8.98. The maximum absolute atomic E-state index is 14.1. The van der Waals surface area contributed by atoms with E-state index in [1.165, 1.54) is 72.8 Å². The topological polar surface area (TPSA) is 147 Å². The standard InChI is InChI=1S/C41H23F3N8/c1-22-2-4-23(5-3-22)34-35(24-6-12-29(42)13-7-24)50-39-33(28(20-47)21-48)41-40(32(38(39)49-34)27(18-45)19-46)51-36(25-8-14-30(43)15-9-25)37(52-41)26-10-16-31(44)17-11-26/h2-17,27-28,32-33H,1H3. The Morgan fingerprint density at radius 2 is 0.654 bits per heavy atom. The summed E-state index contributed by atoms with van der Waals surface area (Å²) < 4.78 is 42.4. The zero-order chi connectivity index (χ0) is 36.5. The Morgan fingerprint density at radius 1 is 0.423 bits per heavy atom. The van der Waals surface area contributed by atoms with Crippen molar-refractivity contribution in [2.24, 2.45) is 11.8 Å². The van der Waals surface area contributed by atoms with Crippen molar-refractivity contribution in [3.63, 3.8) is 0 Å². The molecule has 2 heterocycles. The van der Waals surface area contributed by atoms with Crippen LogP contribution in [0.3, 0.4) is 0 Å².